The summed E-state index contributed by atoms with van der Waals surface area (Å²) >= 11 is 0. The van der Waals surface area contributed by atoms with Gasteiger partial charge in [-0.05, 0) is 31.9 Å². The van der Waals surface area contributed by atoms with Gasteiger partial charge >= 0.3 is 0 Å². The molecule has 0 unspecified atom stereocenters. The van der Waals surface area contributed by atoms with Crippen LogP contribution in [0.2, 0.25) is 0 Å². The van der Waals surface area contributed by atoms with Gasteiger partial charge in [-0.15, -0.1) is 0 Å². The van der Waals surface area contributed by atoms with Crippen molar-refractivity contribution in [1.82, 2.24) is 9.97 Å². The van der Waals surface area contributed by atoms with Crippen molar-refractivity contribution >= 4 is 17.2 Å². The Kier molecular flexibility index (Phi) is 2.48. The summed E-state index contributed by atoms with van der Waals surface area (Å²) in [5.41, 5.74) is 8.28. The number of aromatic nitrogens is 2. The Morgan fingerprint density at radius 1 is 1.29 bits per heavy atom. The molecule has 2 aromatic heterocycles. The molecule has 0 radical (unpaired) electrons. The van der Waals surface area contributed by atoms with Crippen molar-refractivity contribution in [2.24, 2.45) is 5.73 Å². The summed E-state index contributed by atoms with van der Waals surface area (Å²) in [7, 11) is 0. The van der Waals surface area contributed by atoms with Crippen molar-refractivity contribution in [3.63, 3.8) is 0 Å². The number of hydrogen-bond donors (Lipinski definition) is 1. The van der Waals surface area contributed by atoms with Gasteiger partial charge in [-0.25, -0.2) is 4.98 Å². The summed E-state index contributed by atoms with van der Waals surface area (Å²) in [4.78, 5) is 10.9. The molecule has 1 aliphatic heterocycles. The zero-order valence-electron chi connectivity index (χ0n) is 9.89. The number of aryl methyl sites for hydroxylation is 1. The van der Waals surface area contributed by atoms with Crippen LogP contribution in [-0.2, 0) is 0 Å². The van der Waals surface area contributed by atoms with E-state index in [2.05, 4.69) is 14.9 Å². The number of pyridine rings is 1. The smallest absolute Gasteiger partial charge is 0.299 e. The van der Waals surface area contributed by atoms with E-state index in [4.69, 9.17) is 10.2 Å². The minimum absolute atomic E-state index is 0.316. The third-order valence-corrected chi connectivity index (χ3v) is 3.19. The van der Waals surface area contributed by atoms with E-state index in [1.165, 1.54) is 0 Å². The number of fused-ring (bicyclic) bond motifs is 1. The Labute approximate surface area is 99.6 Å². The molecule has 0 bridgehead atoms. The van der Waals surface area contributed by atoms with Crippen LogP contribution in [-0.4, -0.2) is 29.1 Å². The lowest BCUT2D eigenvalue weighted by atomic mass is 10.1. The zero-order chi connectivity index (χ0) is 11.8. The number of nitrogens with zero attached hydrogens (tertiary/aromatic N) is 3. The molecule has 90 valence electrons. The first-order chi connectivity index (χ1) is 8.22. The van der Waals surface area contributed by atoms with Crippen LogP contribution < -0.4 is 10.6 Å². The van der Waals surface area contributed by atoms with Gasteiger partial charge in [0, 0.05) is 24.8 Å². The van der Waals surface area contributed by atoms with E-state index in [1.54, 1.807) is 0 Å². The summed E-state index contributed by atoms with van der Waals surface area (Å²) in [5, 5.41) is 0. The summed E-state index contributed by atoms with van der Waals surface area (Å²) in [6.45, 7) is 3.77. The van der Waals surface area contributed by atoms with Gasteiger partial charge in [-0.3, -0.25) is 0 Å². The second-order valence-electron chi connectivity index (χ2n) is 4.60. The molecule has 0 amide bonds. The Bertz CT molecular complexity index is 528. The number of nitrogens with two attached hydrogens (primary N) is 1. The number of oxazole rings is 1. The fraction of sp³-hybridized carbons (Fsp3) is 0.500. The lowest BCUT2D eigenvalue weighted by molar-refractivity contribution is 0.466. The van der Waals surface area contributed by atoms with E-state index in [1.807, 2.05) is 19.1 Å². The predicted molar refractivity (Wildman–Crippen MR) is 66.0 cm³/mol. The maximum atomic E-state index is 5.88. The van der Waals surface area contributed by atoms with Crippen LogP contribution in [0.4, 0.5) is 6.01 Å². The molecular weight excluding hydrogens is 216 g/mol. The third kappa shape index (κ3) is 1.98. The largest absolute Gasteiger partial charge is 0.422 e. The first-order valence-corrected chi connectivity index (χ1v) is 5.97. The molecule has 3 heterocycles. The molecule has 0 atom stereocenters. The number of hydrogen-bond acceptors (Lipinski definition) is 5. The van der Waals surface area contributed by atoms with Crippen molar-refractivity contribution in [2.45, 2.75) is 25.8 Å². The SMILES string of the molecule is Cc1ccc2oc(N3CCC(N)CC3)nc2n1. The first-order valence-electron chi connectivity index (χ1n) is 5.97. The monoisotopic (exact) mass is 232 g/mol. The first kappa shape index (κ1) is 10.5. The van der Waals surface area contributed by atoms with Gasteiger partial charge < -0.3 is 15.1 Å². The molecule has 0 aromatic carbocycles. The predicted octanol–water partition coefficient (Wildman–Crippen LogP) is 1.46. The highest BCUT2D eigenvalue weighted by Crippen LogP contribution is 2.23. The van der Waals surface area contributed by atoms with Crippen molar-refractivity contribution in [3.8, 4) is 0 Å². The lowest BCUT2D eigenvalue weighted by Crippen LogP contribution is -2.39. The van der Waals surface area contributed by atoms with Crippen molar-refractivity contribution in [3.05, 3.63) is 17.8 Å². The minimum atomic E-state index is 0.316. The zero-order valence-corrected chi connectivity index (χ0v) is 9.89. The Morgan fingerprint density at radius 3 is 2.82 bits per heavy atom. The van der Waals surface area contributed by atoms with Crippen LogP contribution in [0, 0.1) is 6.92 Å². The molecule has 0 spiro atoms. The molecule has 1 fully saturated rings. The van der Waals surface area contributed by atoms with Crippen LogP contribution in [0.15, 0.2) is 16.5 Å². The molecule has 5 nitrogen and oxygen atoms in total. The normalized spacial score (nSPS) is 17.9. The fourth-order valence-electron chi connectivity index (χ4n) is 2.13. The average Bonchev–Trinajstić information content (AvgIpc) is 2.72. The number of rotatable bonds is 1. The lowest BCUT2D eigenvalue weighted by Gasteiger charge is -2.28. The molecule has 1 aliphatic rings. The quantitative estimate of drug-likeness (QED) is 0.806. The highest BCUT2D eigenvalue weighted by molar-refractivity contribution is 5.70. The van der Waals surface area contributed by atoms with Crippen molar-refractivity contribution < 1.29 is 4.42 Å². The molecule has 1 saturated heterocycles. The summed E-state index contributed by atoms with van der Waals surface area (Å²) < 4.78 is 5.71. The van der Waals surface area contributed by atoms with Crippen LogP contribution in [0.3, 0.4) is 0 Å². The van der Waals surface area contributed by atoms with Crippen LogP contribution in [0.25, 0.3) is 11.2 Å². The second-order valence-corrected chi connectivity index (χ2v) is 4.60. The van der Waals surface area contributed by atoms with Gasteiger partial charge in [0.1, 0.15) is 0 Å². The highest BCUT2D eigenvalue weighted by atomic mass is 16.4. The molecular formula is C12H16N4O. The Morgan fingerprint density at radius 2 is 2.06 bits per heavy atom. The molecule has 3 rings (SSSR count). The van der Waals surface area contributed by atoms with E-state index in [-0.39, 0.29) is 0 Å². The maximum absolute atomic E-state index is 5.88. The molecule has 0 saturated carbocycles. The maximum Gasteiger partial charge on any atom is 0.299 e. The van der Waals surface area contributed by atoms with Gasteiger partial charge in [-0.2, -0.15) is 4.98 Å². The van der Waals surface area contributed by atoms with E-state index >= 15 is 0 Å². The minimum Gasteiger partial charge on any atom is -0.422 e. The fourth-order valence-corrected chi connectivity index (χ4v) is 2.13. The van der Waals surface area contributed by atoms with E-state index in [0.717, 1.165) is 37.2 Å². The molecule has 17 heavy (non-hydrogen) atoms. The van der Waals surface area contributed by atoms with E-state index in [0.29, 0.717) is 17.7 Å². The molecule has 2 N–H and O–H groups in total. The van der Waals surface area contributed by atoms with Crippen molar-refractivity contribution in [2.75, 3.05) is 18.0 Å². The second kappa shape index (κ2) is 4.00. The van der Waals surface area contributed by atoms with E-state index < -0.39 is 0 Å². The molecule has 2 aromatic rings. The topological polar surface area (TPSA) is 68.2 Å². The molecule has 5 heteroatoms. The van der Waals surface area contributed by atoms with Gasteiger partial charge in [0.2, 0.25) is 5.65 Å². The van der Waals surface area contributed by atoms with Gasteiger partial charge in [-0.1, -0.05) is 0 Å². The van der Waals surface area contributed by atoms with Gasteiger partial charge in [0.25, 0.3) is 6.01 Å². The van der Waals surface area contributed by atoms with Crippen LogP contribution in [0.5, 0.6) is 0 Å². The van der Waals surface area contributed by atoms with Crippen LogP contribution >= 0.6 is 0 Å². The van der Waals surface area contributed by atoms with Gasteiger partial charge in [0.15, 0.2) is 5.58 Å². The van der Waals surface area contributed by atoms with Crippen molar-refractivity contribution in [1.29, 1.82) is 0 Å². The summed E-state index contributed by atoms with van der Waals surface area (Å²) in [6, 6.07) is 4.84. The summed E-state index contributed by atoms with van der Waals surface area (Å²) in [5.74, 6) is 0. The van der Waals surface area contributed by atoms with E-state index in [9.17, 15) is 0 Å². The summed E-state index contributed by atoms with van der Waals surface area (Å²) in [6.07, 6.45) is 1.98. The standard InChI is InChI=1S/C12H16N4O/c1-8-2-3-10-11(14-8)15-12(17-10)16-6-4-9(13)5-7-16/h2-3,9H,4-7,13H2,1H3. The third-order valence-electron chi connectivity index (χ3n) is 3.19. The highest BCUT2D eigenvalue weighted by Gasteiger charge is 2.20. The Balaban J connectivity index is 1.90. The average molecular weight is 232 g/mol. The Hall–Kier alpha value is -1.62. The number of piperidine rings is 1. The number of anilines is 1. The van der Waals surface area contributed by atoms with Gasteiger partial charge in [0.05, 0.1) is 0 Å². The van der Waals surface area contributed by atoms with Crippen LogP contribution in [0.1, 0.15) is 18.5 Å². The molecule has 0 aliphatic carbocycles.